The summed E-state index contributed by atoms with van der Waals surface area (Å²) in [5, 5.41) is 3.24. The maximum Gasteiger partial charge on any atom is 0.237 e. The van der Waals surface area contributed by atoms with Gasteiger partial charge in [0.05, 0.1) is 18.1 Å². The Bertz CT molecular complexity index is 516. The van der Waals surface area contributed by atoms with Crippen molar-refractivity contribution in [1.82, 2.24) is 15.3 Å². The van der Waals surface area contributed by atoms with Gasteiger partial charge in [-0.2, -0.15) is 0 Å². The van der Waals surface area contributed by atoms with Gasteiger partial charge in [0.1, 0.15) is 11.6 Å². The number of hydrogen-bond acceptors (Lipinski definition) is 4. The predicted molar refractivity (Wildman–Crippen MR) is 70.5 cm³/mol. The van der Waals surface area contributed by atoms with Crippen molar-refractivity contribution >= 4 is 0 Å². The van der Waals surface area contributed by atoms with E-state index in [9.17, 15) is 4.39 Å². The highest BCUT2D eigenvalue weighted by atomic mass is 19.1. The van der Waals surface area contributed by atoms with E-state index in [1.54, 1.807) is 18.3 Å². The third-order valence-corrected chi connectivity index (χ3v) is 2.43. The molecule has 1 aromatic heterocycles. The van der Waals surface area contributed by atoms with Crippen molar-refractivity contribution in [2.45, 2.75) is 19.9 Å². The van der Waals surface area contributed by atoms with Crippen LogP contribution in [0.25, 0.3) is 0 Å². The Labute approximate surface area is 111 Å². The van der Waals surface area contributed by atoms with Gasteiger partial charge in [0, 0.05) is 12.6 Å². The lowest BCUT2D eigenvalue weighted by Crippen LogP contribution is -2.14. The lowest BCUT2D eigenvalue weighted by atomic mass is 10.3. The number of ether oxygens (including phenoxy) is 1. The van der Waals surface area contributed by atoms with Crippen LogP contribution in [0.1, 0.15) is 19.0 Å². The van der Waals surface area contributed by atoms with E-state index in [0.29, 0.717) is 18.2 Å². The van der Waals surface area contributed by atoms with Crippen LogP contribution in [0.5, 0.6) is 11.6 Å². The van der Waals surface area contributed by atoms with E-state index in [0.717, 1.165) is 18.7 Å². The van der Waals surface area contributed by atoms with E-state index >= 15 is 0 Å². The van der Waals surface area contributed by atoms with Crippen molar-refractivity contribution in [1.29, 1.82) is 0 Å². The average molecular weight is 261 g/mol. The Hall–Kier alpha value is -2.01. The second-order valence-electron chi connectivity index (χ2n) is 4.08. The molecule has 0 saturated heterocycles. The number of halogens is 1. The summed E-state index contributed by atoms with van der Waals surface area (Å²) in [5.74, 6) is 0.418. The maximum atomic E-state index is 13.0. The summed E-state index contributed by atoms with van der Waals surface area (Å²) in [6.45, 7) is 3.74. The summed E-state index contributed by atoms with van der Waals surface area (Å²) in [6.07, 6.45) is 4.26. The predicted octanol–water partition coefficient (Wildman–Crippen LogP) is 2.91. The minimum absolute atomic E-state index is 0.342. The Kier molecular flexibility index (Phi) is 4.80. The summed E-state index contributed by atoms with van der Waals surface area (Å²) in [4.78, 5) is 8.36. The maximum absolute atomic E-state index is 13.0. The number of aromatic nitrogens is 2. The fourth-order valence-corrected chi connectivity index (χ4v) is 1.53. The van der Waals surface area contributed by atoms with Crippen LogP contribution < -0.4 is 10.1 Å². The van der Waals surface area contributed by atoms with E-state index in [1.165, 1.54) is 18.3 Å². The van der Waals surface area contributed by atoms with Crippen LogP contribution in [0.15, 0.2) is 36.7 Å². The molecule has 0 bridgehead atoms. The van der Waals surface area contributed by atoms with Crippen LogP contribution in [0.3, 0.4) is 0 Å². The second kappa shape index (κ2) is 6.80. The van der Waals surface area contributed by atoms with Gasteiger partial charge in [0.2, 0.25) is 5.88 Å². The Morgan fingerprint density at radius 3 is 2.84 bits per heavy atom. The van der Waals surface area contributed by atoms with Gasteiger partial charge >= 0.3 is 0 Å². The Balaban J connectivity index is 1.95. The zero-order chi connectivity index (χ0) is 13.5. The minimum Gasteiger partial charge on any atom is -0.437 e. The van der Waals surface area contributed by atoms with Crippen LogP contribution in [0.4, 0.5) is 4.39 Å². The first-order valence-corrected chi connectivity index (χ1v) is 6.23. The van der Waals surface area contributed by atoms with Crippen LogP contribution in [-0.4, -0.2) is 16.5 Å². The summed E-state index contributed by atoms with van der Waals surface area (Å²) < 4.78 is 18.4. The molecule has 1 aromatic carbocycles. The topological polar surface area (TPSA) is 47.0 Å². The second-order valence-corrected chi connectivity index (χ2v) is 4.08. The molecule has 0 spiro atoms. The fourth-order valence-electron chi connectivity index (χ4n) is 1.53. The molecule has 1 N–H and O–H groups in total. The van der Waals surface area contributed by atoms with Gasteiger partial charge < -0.3 is 10.1 Å². The van der Waals surface area contributed by atoms with Gasteiger partial charge in [0.15, 0.2) is 0 Å². The smallest absolute Gasteiger partial charge is 0.237 e. The molecule has 0 aliphatic heterocycles. The van der Waals surface area contributed by atoms with Crippen LogP contribution in [0, 0.1) is 5.82 Å². The Morgan fingerprint density at radius 2 is 2.16 bits per heavy atom. The number of nitrogens with one attached hydrogen (secondary N) is 1. The first-order valence-electron chi connectivity index (χ1n) is 6.23. The van der Waals surface area contributed by atoms with Crippen LogP contribution >= 0.6 is 0 Å². The molecular formula is C14H16FN3O. The summed E-state index contributed by atoms with van der Waals surface area (Å²) >= 11 is 0. The molecule has 19 heavy (non-hydrogen) atoms. The molecule has 2 aromatic rings. The third-order valence-electron chi connectivity index (χ3n) is 2.43. The lowest BCUT2D eigenvalue weighted by molar-refractivity contribution is 0.454. The monoisotopic (exact) mass is 261 g/mol. The highest BCUT2D eigenvalue weighted by Crippen LogP contribution is 2.18. The lowest BCUT2D eigenvalue weighted by Gasteiger charge is -2.05. The molecule has 0 fully saturated rings. The Morgan fingerprint density at radius 1 is 1.26 bits per heavy atom. The van der Waals surface area contributed by atoms with Gasteiger partial charge in [-0.1, -0.05) is 13.0 Å². The highest BCUT2D eigenvalue weighted by Gasteiger charge is 2.01. The standard InChI is InChI=1S/C14H16FN3O/c1-2-6-16-8-12-9-18-14(10-17-12)19-13-5-3-4-11(15)7-13/h3-5,7,9-10,16H,2,6,8H2,1H3. The van der Waals surface area contributed by atoms with Crippen molar-refractivity contribution in [2.24, 2.45) is 0 Å². The third kappa shape index (κ3) is 4.30. The van der Waals surface area contributed by atoms with E-state index in [-0.39, 0.29) is 5.82 Å². The van der Waals surface area contributed by atoms with Gasteiger partial charge in [-0.3, -0.25) is 4.98 Å². The fraction of sp³-hybridized carbons (Fsp3) is 0.286. The first kappa shape index (κ1) is 13.4. The molecule has 0 unspecified atom stereocenters. The van der Waals surface area contributed by atoms with Crippen molar-refractivity contribution in [2.75, 3.05) is 6.54 Å². The van der Waals surface area contributed by atoms with Crippen LogP contribution in [0.2, 0.25) is 0 Å². The molecule has 0 saturated carbocycles. The highest BCUT2D eigenvalue weighted by molar-refractivity contribution is 5.26. The minimum atomic E-state index is -0.342. The number of rotatable bonds is 6. The number of hydrogen-bond donors (Lipinski definition) is 1. The zero-order valence-corrected chi connectivity index (χ0v) is 10.8. The molecule has 0 aliphatic carbocycles. The van der Waals surface area contributed by atoms with Gasteiger partial charge in [0.25, 0.3) is 0 Å². The molecule has 1 heterocycles. The SMILES string of the molecule is CCCNCc1cnc(Oc2cccc(F)c2)cn1. The van der Waals surface area contributed by atoms with Crippen molar-refractivity contribution in [3.63, 3.8) is 0 Å². The molecule has 100 valence electrons. The molecule has 4 nitrogen and oxygen atoms in total. The number of benzene rings is 1. The van der Waals surface area contributed by atoms with Crippen molar-refractivity contribution < 1.29 is 9.13 Å². The number of nitrogens with zero attached hydrogens (tertiary/aromatic N) is 2. The van der Waals surface area contributed by atoms with E-state index in [2.05, 4.69) is 22.2 Å². The summed E-state index contributed by atoms with van der Waals surface area (Å²) in [7, 11) is 0. The molecule has 2 rings (SSSR count). The molecule has 0 amide bonds. The average Bonchev–Trinajstić information content (AvgIpc) is 2.41. The molecule has 5 heteroatoms. The van der Waals surface area contributed by atoms with Crippen LogP contribution in [-0.2, 0) is 6.54 Å². The van der Waals surface area contributed by atoms with Crippen molar-refractivity contribution in [3.8, 4) is 11.6 Å². The quantitative estimate of drug-likeness (QED) is 0.812. The largest absolute Gasteiger partial charge is 0.437 e. The van der Waals surface area contributed by atoms with E-state index in [4.69, 9.17) is 4.74 Å². The van der Waals surface area contributed by atoms with E-state index < -0.39 is 0 Å². The van der Waals surface area contributed by atoms with Crippen molar-refractivity contribution in [3.05, 3.63) is 48.2 Å². The van der Waals surface area contributed by atoms with E-state index in [1.807, 2.05) is 0 Å². The zero-order valence-electron chi connectivity index (χ0n) is 10.8. The van der Waals surface area contributed by atoms with Gasteiger partial charge in [-0.05, 0) is 25.1 Å². The summed E-state index contributed by atoms with van der Waals surface area (Å²) in [6, 6.07) is 5.92. The molecular weight excluding hydrogens is 245 g/mol. The van der Waals surface area contributed by atoms with Gasteiger partial charge in [-0.15, -0.1) is 0 Å². The molecule has 0 atom stereocenters. The normalized spacial score (nSPS) is 10.4. The molecule has 0 aliphatic rings. The van der Waals surface area contributed by atoms with Gasteiger partial charge in [-0.25, -0.2) is 9.37 Å². The molecule has 0 radical (unpaired) electrons. The summed E-state index contributed by atoms with van der Waals surface area (Å²) in [5.41, 5.74) is 0.847. The first-order chi connectivity index (χ1) is 9.28.